The number of carbonyl (C=O) groups excluding carboxylic acids is 1. The van der Waals surface area contributed by atoms with E-state index in [-0.39, 0.29) is 11.5 Å². The summed E-state index contributed by atoms with van der Waals surface area (Å²) in [5.41, 5.74) is 7.77. The number of amides is 1. The largest absolute Gasteiger partial charge is 0.387 e. The van der Waals surface area contributed by atoms with Crippen LogP contribution in [-0.2, 0) is 63.3 Å². The molecule has 1 amide bonds. The van der Waals surface area contributed by atoms with Crippen molar-refractivity contribution in [2.75, 3.05) is 172 Å². The molecule has 1 aliphatic heterocycles. The van der Waals surface area contributed by atoms with Gasteiger partial charge in [-0.25, -0.2) is 4.99 Å². The predicted molar refractivity (Wildman–Crippen MR) is 259 cm³/mol. The first-order valence-corrected chi connectivity index (χ1v) is 25.0. The zero-order chi connectivity index (χ0) is 47.1. The Kier molecular flexibility index (Phi) is 36.2. The van der Waals surface area contributed by atoms with Gasteiger partial charge < -0.3 is 67.6 Å². The number of rotatable bonds is 45. The number of amidine groups is 1. The van der Waals surface area contributed by atoms with Gasteiger partial charge in [-0.2, -0.15) is 0 Å². The van der Waals surface area contributed by atoms with Crippen LogP contribution in [0.25, 0.3) is 6.08 Å². The molecule has 17 heteroatoms. The lowest BCUT2D eigenvalue weighted by Crippen LogP contribution is -2.34. The van der Waals surface area contributed by atoms with Crippen LogP contribution < -0.4 is 5.73 Å². The van der Waals surface area contributed by atoms with Crippen molar-refractivity contribution in [1.29, 1.82) is 0 Å². The van der Waals surface area contributed by atoms with E-state index < -0.39 is 0 Å². The van der Waals surface area contributed by atoms with Crippen molar-refractivity contribution in [3.8, 4) is 0 Å². The van der Waals surface area contributed by atoms with Crippen LogP contribution in [0, 0.1) is 0 Å². The predicted octanol–water partition coefficient (Wildman–Crippen LogP) is 6.19. The summed E-state index contributed by atoms with van der Waals surface area (Å²) >= 11 is 1.73. The van der Waals surface area contributed by atoms with Crippen LogP contribution in [0.15, 0.2) is 16.6 Å². The molecule has 0 fully saturated rings. The molecule has 1 aromatic rings. The van der Waals surface area contributed by atoms with E-state index in [4.69, 9.17) is 57.8 Å². The Morgan fingerprint density at radius 1 is 0.600 bits per heavy atom. The fraction of sp³-hybridized carbons (Fsp3) is 0.833. The standard InChI is InChI=1S/C48H88N4O12S/c1-7-14-52(15-8-2)47(53)42-39-45-44(50-46(49)40-42)41-43(65-45)13-10-9-11-16-51(6)17-20-55-22-24-57-26-28-59-30-32-61-34-36-63-38-37-62-35-33-60-31-29-58-27-25-56-23-21-54-18-12-19-64-48(3,4)5/h39,41H,7-38,40H2,1-6H3,(H2,49,50). The Balaban J connectivity index is 1.27. The maximum absolute atomic E-state index is 13.3. The van der Waals surface area contributed by atoms with Gasteiger partial charge in [0.25, 0.3) is 0 Å². The molecule has 0 radical (unpaired) electrons. The van der Waals surface area contributed by atoms with E-state index in [1.807, 2.05) is 31.7 Å². The zero-order valence-electron chi connectivity index (χ0n) is 41.2. The van der Waals surface area contributed by atoms with E-state index >= 15 is 0 Å². The van der Waals surface area contributed by atoms with Crippen LogP contribution in [0.5, 0.6) is 0 Å². The summed E-state index contributed by atoms with van der Waals surface area (Å²) in [6, 6.07) is 2.14. The molecule has 0 bridgehead atoms. The fourth-order valence-corrected chi connectivity index (χ4v) is 7.47. The minimum Gasteiger partial charge on any atom is -0.387 e. The monoisotopic (exact) mass is 945 g/mol. The number of nitrogens with two attached hydrogens (primary N) is 1. The van der Waals surface area contributed by atoms with Crippen molar-refractivity contribution in [3.63, 3.8) is 0 Å². The van der Waals surface area contributed by atoms with Crippen LogP contribution in [0.3, 0.4) is 0 Å². The molecule has 1 aliphatic rings. The van der Waals surface area contributed by atoms with Gasteiger partial charge in [0, 0.05) is 49.7 Å². The van der Waals surface area contributed by atoms with Crippen molar-refractivity contribution >= 4 is 34.8 Å². The van der Waals surface area contributed by atoms with Gasteiger partial charge in [-0.1, -0.05) is 20.3 Å². The average molecular weight is 945 g/mol. The minimum absolute atomic E-state index is 0.0816. The zero-order valence-corrected chi connectivity index (χ0v) is 42.0. The molecule has 0 aliphatic carbocycles. The van der Waals surface area contributed by atoms with E-state index in [2.05, 4.69) is 36.9 Å². The van der Waals surface area contributed by atoms with Gasteiger partial charge in [0.15, 0.2) is 0 Å². The average Bonchev–Trinajstić information content (AvgIpc) is 3.57. The quantitative estimate of drug-likeness (QED) is 0.0737. The van der Waals surface area contributed by atoms with E-state index in [0.717, 1.165) is 87.3 Å². The van der Waals surface area contributed by atoms with E-state index in [9.17, 15) is 4.79 Å². The number of aryl methyl sites for hydroxylation is 1. The first-order chi connectivity index (χ1) is 31.6. The lowest BCUT2D eigenvalue weighted by molar-refractivity contribution is -0.127. The number of ether oxygens (including phenoxy) is 11. The van der Waals surface area contributed by atoms with E-state index in [0.29, 0.717) is 151 Å². The molecule has 2 N–H and O–H groups in total. The number of fused-ring (bicyclic) bond motifs is 1. The fourth-order valence-electron chi connectivity index (χ4n) is 6.36. The molecule has 378 valence electrons. The molecule has 0 saturated heterocycles. The van der Waals surface area contributed by atoms with Gasteiger partial charge >= 0.3 is 0 Å². The van der Waals surface area contributed by atoms with Gasteiger partial charge in [-0.05, 0) is 85.0 Å². The molecule has 2 rings (SSSR count). The summed E-state index contributed by atoms with van der Waals surface area (Å²) in [6.07, 6.45) is 9.58. The second-order valence-electron chi connectivity index (χ2n) is 16.8. The number of carbonyl (C=O) groups is 1. The Hall–Kier alpha value is -2.10. The summed E-state index contributed by atoms with van der Waals surface area (Å²) in [5.74, 6) is 0.585. The highest BCUT2D eigenvalue weighted by Gasteiger charge is 2.22. The SMILES string of the molecule is CCCN(CCC)C(=O)C1=Cc2sc(CCCCCN(C)CCOCCOCCOCCOCCOCCOCCOCCOCCOCCOCCCOC(C)(C)C)cc2N=C(N)C1. The smallest absolute Gasteiger partial charge is 0.250 e. The third-order valence-electron chi connectivity index (χ3n) is 9.68. The first-order valence-electron chi connectivity index (χ1n) is 24.2. The molecule has 16 nitrogen and oxygen atoms in total. The summed E-state index contributed by atoms with van der Waals surface area (Å²) < 4.78 is 61.3. The molecule has 0 aromatic carbocycles. The molecule has 0 unspecified atom stereocenters. The number of thiophene rings is 1. The summed E-state index contributed by atoms with van der Waals surface area (Å²) in [4.78, 5) is 24.5. The number of nitrogens with zero attached hydrogens (tertiary/aromatic N) is 3. The maximum Gasteiger partial charge on any atom is 0.250 e. The Morgan fingerprint density at radius 3 is 1.49 bits per heavy atom. The van der Waals surface area contributed by atoms with Gasteiger partial charge in [0.1, 0.15) is 5.84 Å². The highest BCUT2D eigenvalue weighted by Crippen LogP contribution is 2.35. The summed E-state index contributed by atoms with van der Waals surface area (Å²) in [5, 5.41) is 0. The minimum atomic E-state index is -0.101. The van der Waals surface area contributed by atoms with Crippen LogP contribution in [0.4, 0.5) is 5.69 Å². The second-order valence-corrected chi connectivity index (χ2v) is 17.9. The molecule has 1 aromatic heterocycles. The highest BCUT2D eigenvalue weighted by atomic mass is 32.1. The van der Waals surface area contributed by atoms with Crippen molar-refractivity contribution in [2.45, 2.75) is 91.6 Å². The lowest BCUT2D eigenvalue weighted by atomic mass is 10.1. The normalized spacial score (nSPS) is 13.0. The van der Waals surface area contributed by atoms with Gasteiger partial charge in [0.05, 0.1) is 142 Å². The Morgan fingerprint density at radius 2 is 1.05 bits per heavy atom. The molecule has 2 heterocycles. The number of aliphatic imine (C=N–C) groups is 1. The van der Waals surface area contributed by atoms with Gasteiger partial charge in [0.2, 0.25) is 5.91 Å². The van der Waals surface area contributed by atoms with E-state index in [1.54, 1.807) is 11.3 Å². The molecule has 0 saturated carbocycles. The van der Waals surface area contributed by atoms with E-state index in [1.165, 1.54) is 4.88 Å². The van der Waals surface area contributed by atoms with Gasteiger partial charge in [-0.15, -0.1) is 11.3 Å². The van der Waals surface area contributed by atoms with Crippen molar-refractivity contribution in [3.05, 3.63) is 21.4 Å². The number of likely N-dealkylation sites (N-methyl/N-ethyl adjacent to an activating group) is 1. The summed E-state index contributed by atoms with van der Waals surface area (Å²) in [6.45, 7) is 25.3. The van der Waals surface area contributed by atoms with Crippen LogP contribution >= 0.6 is 11.3 Å². The van der Waals surface area contributed by atoms with Crippen LogP contribution in [0.2, 0.25) is 0 Å². The maximum atomic E-state index is 13.3. The lowest BCUT2D eigenvalue weighted by Gasteiger charge is -2.22. The first kappa shape index (κ1) is 59.0. The molecular weight excluding hydrogens is 857 g/mol. The number of unbranched alkanes of at least 4 members (excludes halogenated alkanes) is 2. The Labute approximate surface area is 396 Å². The second kappa shape index (κ2) is 39.9. The number of hydrogen-bond donors (Lipinski definition) is 1. The van der Waals surface area contributed by atoms with Crippen molar-refractivity contribution in [1.82, 2.24) is 9.80 Å². The molecule has 65 heavy (non-hydrogen) atoms. The third-order valence-corrected chi connectivity index (χ3v) is 10.8. The van der Waals surface area contributed by atoms with Crippen LogP contribution in [0.1, 0.15) is 89.3 Å². The molecule has 0 atom stereocenters. The van der Waals surface area contributed by atoms with Crippen molar-refractivity contribution < 1.29 is 56.9 Å². The summed E-state index contributed by atoms with van der Waals surface area (Å²) in [7, 11) is 2.14. The third kappa shape index (κ3) is 33.1. The molecular formula is C48H88N4O12S. The van der Waals surface area contributed by atoms with Crippen molar-refractivity contribution in [2.24, 2.45) is 10.7 Å². The van der Waals surface area contributed by atoms with Crippen LogP contribution in [-0.4, -0.2) is 199 Å². The highest BCUT2D eigenvalue weighted by molar-refractivity contribution is 7.13. The topological polar surface area (TPSA) is 163 Å². The molecule has 0 spiro atoms. The van der Waals surface area contributed by atoms with Gasteiger partial charge in [-0.3, -0.25) is 4.79 Å². The number of hydrogen-bond acceptors (Lipinski definition) is 16. The Bertz CT molecular complexity index is 1360.